The lowest BCUT2D eigenvalue weighted by molar-refractivity contribution is -0.123. The van der Waals surface area contributed by atoms with E-state index in [9.17, 15) is 9.59 Å². The number of hydrogen-bond acceptors (Lipinski definition) is 4. The molecule has 164 valence electrons. The molecule has 29 heavy (non-hydrogen) atoms. The van der Waals surface area contributed by atoms with E-state index in [4.69, 9.17) is 0 Å². The maximum Gasteiger partial charge on any atom is 0.253 e. The highest BCUT2D eigenvalue weighted by Crippen LogP contribution is 2.17. The van der Waals surface area contributed by atoms with E-state index >= 15 is 0 Å². The molecule has 0 aromatic heterocycles. The van der Waals surface area contributed by atoms with Gasteiger partial charge >= 0.3 is 0 Å². The predicted molar refractivity (Wildman–Crippen MR) is 121 cm³/mol. The number of carbonyl (C=O) groups is 2. The van der Waals surface area contributed by atoms with Crippen LogP contribution in [0.1, 0.15) is 36.2 Å². The lowest BCUT2D eigenvalue weighted by atomic mass is 9.98. The van der Waals surface area contributed by atoms with Gasteiger partial charge in [0.25, 0.3) is 5.91 Å². The molecule has 0 spiro atoms. The highest BCUT2D eigenvalue weighted by molar-refractivity contribution is 5.94. The van der Waals surface area contributed by atoms with Crippen LogP contribution in [0.5, 0.6) is 0 Å². The number of amides is 2. The molecule has 1 aromatic carbocycles. The van der Waals surface area contributed by atoms with Crippen molar-refractivity contribution in [3.05, 3.63) is 35.4 Å². The van der Waals surface area contributed by atoms with E-state index in [0.29, 0.717) is 25.6 Å². The van der Waals surface area contributed by atoms with Crippen LogP contribution in [0.4, 0.5) is 0 Å². The topological polar surface area (TPSA) is 64.7 Å². The van der Waals surface area contributed by atoms with Gasteiger partial charge < -0.3 is 15.5 Å². The van der Waals surface area contributed by atoms with E-state index < -0.39 is 0 Å². The number of nitrogens with one attached hydrogen (secondary N) is 2. The van der Waals surface area contributed by atoms with Crippen LogP contribution in [0.2, 0.25) is 0 Å². The summed E-state index contributed by atoms with van der Waals surface area (Å²) in [6.45, 7) is 9.37. The average Bonchev–Trinajstić information content (AvgIpc) is 3.15. The molecule has 0 radical (unpaired) electrons. The first kappa shape index (κ1) is 25.7. The molecule has 2 heterocycles. The van der Waals surface area contributed by atoms with Gasteiger partial charge in [0.05, 0.1) is 6.54 Å². The van der Waals surface area contributed by atoms with Gasteiger partial charge in [-0.25, -0.2) is 0 Å². The van der Waals surface area contributed by atoms with Crippen molar-refractivity contribution < 1.29 is 9.59 Å². The van der Waals surface area contributed by atoms with Crippen molar-refractivity contribution >= 4 is 36.6 Å². The van der Waals surface area contributed by atoms with Gasteiger partial charge in [-0.1, -0.05) is 12.1 Å². The molecule has 2 fully saturated rings. The largest absolute Gasteiger partial charge is 0.353 e. The Morgan fingerprint density at radius 2 is 1.76 bits per heavy atom. The van der Waals surface area contributed by atoms with Gasteiger partial charge in [0.15, 0.2) is 0 Å². The number of piperazine rings is 1. The molecule has 2 aliphatic heterocycles. The molecular formula is C21H34Cl2N4O2. The third kappa shape index (κ3) is 7.78. The van der Waals surface area contributed by atoms with E-state index in [1.54, 1.807) is 0 Å². The summed E-state index contributed by atoms with van der Waals surface area (Å²) in [6.07, 6.45) is 2.32. The van der Waals surface area contributed by atoms with Crippen molar-refractivity contribution in [3.8, 4) is 0 Å². The van der Waals surface area contributed by atoms with Crippen LogP contribution in [-0.4, -0.2) is 73.5 Å². The smallest absolute Gasteiger partial charge is 0.253 e. The zero-order valence-electron chi connectivity index (χ0n) is 17.4. The molecule has 2 N–H and O–H groups in total. The second kappa shape index (κ2) is 12.4. The summed E-state index contributed by atoms with van der Waals surface area (Å²) in [7, 11) is 0. The van der Waals surface area contributed by atoms with Crippen LogP contribution in [0, 0.1) is 5.92 Å². The van der Waals surface area contributed by atoms with Crippen LogP contribution in [0.3, 0.4) is 0 Å². The third-order valence-corrected chi connectivity index (χ3v) is 5.36. The molecular weight excluding hydrogens is 411 g/mol. The Morgan fingerprint density at radius 1 is 1.10 bits per heavy atom. The van der Waals surface area contributed by atoms with Gasteiger partial charge in [0.1, 0.15) is 0 Å². The van der Waals surface area contributed by atoms with E-state index in [-0.39, 0.29) is 42.7 Å². The summed E-state index contributed by atoms with van der Waals surface area (Å²) < 4.78 is 0. The second-order valence-corrected chi connectivity index (χ2v) is 8.05. The molecule has 1 unspecified atom stereocenters. The second-order valence-electron chi connectivity index (χ2n) is 8.05. The first-order chi connectivity index (χ1) is 13.0. The molecule has 0 bridgehead atoms. The summed E-state index contributed by atoms with van der Waals surface area (Å²) in [5.74, 6) is 0.862. The van der Waals surface area contributed by atoms with Crippen molar-refractivity contribution in [3.63, 3.8) is 0 Å². The van der Waals surface area contributed by atoms with Crippen molar-refractivity contribution in [2.75, 3.05) is 45.8 Å². The molecule has 8 heteroatoms. The third-order valence-electron chi connectivity index (χ3n) is 5.36. The maximum absolute atomic E-state index is 12.7. The van der Waals surface area contributed by atoms with E-state index in [2.05, 4.69) is 27.7 Å². The van der Waals surface area contributed by atoms with Crippen molar-refractivity contribution in [1.82, 2.24) is 20.4 Å². The van der Waals surface area contributed by atoms with Gasteiger partial charge in [0, 0.05) is 37.8 Å². The fraction of sp³-hybridized carbons (Fsp3) is 0.619. The van der Waals surface area contributed by atoms with Gasteiger partial charge in [-0.05, 0) is 63.4 Å². The quantitative estimate of drug-likeness (QED) is 0.703. The SMILES string of the molecule is CC(C)NC(=O)CN1CCN(C(=O)c2ccc(CC3CCNC3)cc2)CC1.Cl.Cl. The fourth-order valence-electron chi connectivity index (χ4n) is 3.87. The molecule has 0 saturated carbocycles. The van der Waals surface area contributed by atoms with Gasteiger partial charge in [-0.3, -0.25) is 14.5 Å². The summed E-state index contributed by atoms with van der Waals surface area (Å²) in [6, 6.07) is 8.27. The van der Waals surface area contributed by atoms with Crippen LogP contribution in [0.15, 0.2) is 24.3 Å². The molecule has 2 saturated heterocycles. The minimum absolute atomic E-state index is 0. The van der Waals surface area contributed by atoms with Gasteiger partial charge in [-0.15, -0.1) is 24.8 Å². The summed E-state index contributed by atoms with van der Waals surface area (Å²) in [5, 5.41) is 6.32. The van der Waals surface area contributed by atoms with Crippen molar-refractivity contribution in [2.24, 2.45) is 5.92 Å². The monoisotopic (exact) mass is 444 g/mol. The Kier molecular flexibility index (Phi) is 11.0. The highest BCUT2D eigenvalue weighted by Gasteiger charge is 2.23. The van der Waals surface area contributed by atoms with Gasteiger partial charge in [0.2, 0.25) is 5.91 Å². The molecule has 6 nitrogen and oxygen atoms in total. The van der Waals surface area contributed by atoms with Crippen LogP contribution >= 0.6 is 24.8 Å². The zero-order valence-corrected chi connectivity index (χ0v) is 19.0. The van der Waals surface area contributed by atoms with E-state index in [1.165, 1.54) is 12.0 Å². The molecule has 0 aliphatic carbocycles. The Hall–Kier alpha value is -1.34. The number of nitrogens with zero attached hydrogens (tertiary/aromatic N) is 2. The standard InChI is InChI=1S/C21H32N4O2.2ClH/c1-16(2)23-20(26)15-24-9-11-25(12-10-24)21(27)19-5-3-17(4-6-19)13-18-7-8-22-14-18;;/h3-6,16,18,22H,7-15H2,1-2H3,(H,23,26);2*1H. The fourth-order valence-corrected chi connectivity index (χ4v) is 3.87. The minimum atomic E-state index is 0. The summed E-state index contributed by atoms with van der Waals surface area (Å²) in [5.41, 5.74) is 2.07. The maximum atomic E-state index is 12.7. The highest BCUT2D eigenvalue weighted by atomic mass is 35.5. The Bertz CT molecular complexity index is 641. The normalized spacial score (nSPS) is 19.4. The number of benzene rings is 1. The Labute approximate surface area is 186 Å². The zero-order chi connectivity index (χ0) is 19.2. The van der Waals surface area contributed by atoms with Crippen LogP contribution in [0.25, 0.3) is 0 Å². The molecule has 3 rings (SSSR count). The molecule has 1 aromatic rings. The summed E-state index contributed by atoms with van der Waals surface area (Å²) in [4.78, 5) is 28.6. The first-order valence-electron chi connectivity index (χ1n) is 10.1. The number of rotatable bonds is 6. The van der Waals surface area contributed by atoms with E-state index in [1.807, 2.05) is 30.9 Å². The molecule has 2 amide bonds. The number of halogens is 2. The molecule has 2 aliphatic rings. The van der Waals surface area contributed by atoms with Crippen molar-refractivity contribution in [2.45, 2.75) is 32.7 Å². The number of carbonyl (C=O) groups excluding carboxylic acids is 2. The number of hydrogen-bond donors (Lipinski definition) is 2. The Balaban J connectivity index is 0.00000210. The lowest BCUT2D eigenvalue weighted by Crippen LogP contribution is -2.51. The van der Waals surface area contributed by atoms with Crippen LogP contribution in [-0.2, 0) is 11.2 Å². The predicted octanol–water partition coefficient (Wildman–Crippen LogP) is 1.96. The first-order valence-corrected chi connectivity index (χ1v) is 10.1. The van der Waals surface area contributed by atoms with E-state index in [0.717, 1.165) is 38.2 Å². The van der Waals surface area contributed by atoms with Crippen LogP contribution < -0.4 is 10.6 Å². The average molecular weight is 445 g/mol. The van der Waals surface area contributed by atoms with Gasteiger partial charge in [-0.2, -0.15) is 0 Å². The molecule has 1 atom stereocenters. The lowest BCUT2D eigenvalue weighted by Gasteiger charge is -2.34. The van der Waals surface area contributed by atoms with Crippen molar-refractivity contribution in [1.29, 1.82) is 0 Å². The Morgan fingerprint density at radius 3 is 2.31 bits per heavy atom. The summed E-state index contributed by atoms with van der Waals surface area (Å²) >= 11 is 0. The minimum Gasteiger partial charge on any atom is -0.353 e.